The number of hydrogen-bond acceptors (Lipinski definition) is 10. The number of hydrogen-bond donors (Lipinski definition) is 2. The van der Waals surface area contributed by atoms with Gasteiger partial charge in [-0.1, -0.05) is 84.0 Å². The lowest BCUT2D eigenvalue weighted by Crippen LogP contribution is -2.43. The Balaban J connectivity index is 1.19. The number of thioether (sulfide) groups is 1. The number of carbonyl (C=O) groups is 2. The van der Waals surface area contributed by atoms with Gasteiger partial charge in [0.2, 0.25) is 0 Å². The summed E-state index contributed by atoms with van der Waals surface area (Å²) >= 11 is 8.65. The third kappa shape index (κ3) is 8.80. The van der Waals surface area contributed by atoms with Gasteiger partial charge >= 0.3 is 5.97 Å². The van der Waals surface area contributed by atoms with Gasteiger partial charge in [0.05, 0.1) is 28.9 Å². The van der Waals surface area contributed by atoms with E-state index in [4.69, 9.17) is 21.1 Å². The summed E-state index contributed by atoms with van der Waals surface area (Å²) < 4.78 is 40.7. The Labute approximate surface area is 314 Å². The first-order valence-electron chi connectivity index (χ1n) is 15.7. The lowest BCUT2D eigenvalue weighted by atomic mass is 9.99. The molecule has 0 aliphatic rings. The van der Waals surface area contributed by atoms with E-state index in [-0.39, 0.29) is 26.9 Å². The molecule has 14 heteroatoms. The number of anilines is 1. The average molecular weight is 771 g/mol. The van der Waals surface area contributed by atoms with Gasteiger partial charge in [0, 0.05) is 23.2 Å². The molecule has 6 rings (SSSR count). The molecule has 0 saturated heterocycles. The zero-order valence-corrected chi connectivity index (χ0v) is 31.0. The lowest BCUT2D eigenvalue weighted by Gasteiger charge is -2.19. The van der Waals surface area contributed by atoms with E-state index in [0.29, 0.717) is 27.2 Å². The number of ether oxygens (including phenoxy) is 2. The van der Waals surface area contributed by atoms with Crippen molar-refractivity contribution in [2.45, 2.75) is 21.8 Å². The van der Waals surface area contributed by atoms with Gasteiger partial charge in [-0.2, -0.15) is 0 Å². The summed E-state index contributed by atoms with van der Waals surface area (Å²) in [6.45, 7) is 0. The predicted molar refractivity (Wildman–Crippen MR) is 205 cm³/mol. The number of nitrogens with one attached hydrogen (secondary N) is 2. The smallest absolute Gasteiger partial charge is 0.328 e. The molecule has 52 heavy (non-hydrogen) atoms. The van der Waals surface area contributed by atoms with Crippen LogP contribution in [0.4, 0.5) is 5.69 Å². The molecule has 2 N–H and O–H groups in total. The Bertz CT molecular complexity index is 2320. The van der Waals surface area contributed by atoms with Crippen molar-refractivity contribution in [2.75, 3.05) is 18.1 Å². The van der Waals surface area contributed by atoms with Crippen molar-refractivity contribution in [2.24, 2.45) is 0 Å². The quantitative estimate of drug-likeness (QED) is 0.0675. The summed E-state index contributed by atoms with van der Waals surface area (Å²) in [5.74, 6) is -0.00710. The van der Waals surface area contributed by atoms with Crippen LogP contribution in [0.5, 0.6) is 11.5 Å². The van der Waals surface area contributed by atoms with Gasteiger partial charge in [0.1, 0.15) is 21.8 Å². The fourth-order valence-corrected chi connectivity index (χ4v) is 8.09. The predicted octanol–water partition coefficient (Wildman–Crippen LogP) is 8.35. The Morgan fingerprint density at radius 3 is 2.42 bits per heavy atom. The zero-order chi connectivity index (χ0) is 36.7. The Kier molecular flexibility index (Phi) is 11.6. The number of thiophene rings is 1. The molecule has 0 fully saturated rings. The van der Waals surface area contributed by atoms with Gasteiger partial charge in [-0.15, -0.1) is 11.3 Å². The second kappa shape index (κ2) is 16.4. The molecule has 6 aromatic rings. The number of aromatic nitrogens is 2. The molecule has 0 aliphatic carbocycles. The second-order valence-corrected chi connectivity index (χ2v) is 15.4. The number of nitrogens with zero attached hydrogens (tertiary/aromatic N) is 2. The van der Waals surface area contributed by atoms with Crippen molar-refractivity contribution < 1.29 is 27.5 Å². The molecular weight excluding hydrogens is 740 g/mol. The van der Waals surface area contributed by atoms with Gasteiger partial charge in [0.25, 0.3) is 15.9 Å². The van der Waals surface area contributed by atoms with Gasteiger partial charge < -0.3 is 14.8 Å². The number of para-hydroxylation sites is 2. The van der Waals surface area contributed by atoms with Crippen molar-refractivity contribution in [1.29, 1.82) is 0 Å². The van der Waals surface area contributed by atoms with Crippen molar-refractivity contribution in [3.63, 3.8) is 0 Å². The van der Waals surface area contributed by atoms with Crippen molar-refractivity contribution in [3.05, 3.63) is 138 Å². The molecule has 4 aromatic carbocycles. The van der Waals surface area contributed by atoms with Crippen LogP contribution in [0.2, 0.25) is 5.02 Å². The third-order valence-electron chi connectivity index (χ3n) is 7.74. The highest BCUT2D eigenvalue weighted by Crippen LogP contribution is 2.34. The topological polar surface area (TPSA) is 137 Å². The maximum Gasteiger partial charge on any atom is 0.328 e. The minimum atomic E-state index is -4.13. The van der Waals surface area contributed by atoms with Crippen LogP contribution in [-0.2, 0) is 26.0 Å². The van der Waals surface area contributed by atoms with E-state index < -0.39 is 27.9 Å². The fourth-order valence-electron chi connectivity index (χ4n) is 5.20. The minimum absolute atomic E-state index is 0.0123. The van der Waals surface area contributed by atoms with Crippen LogP contribution in [0.25, 0.3) is 21.7 Å². The maximum atomic E-state index is 13.7. The molecular formula is C38H31ClN4O6S3. The van der Waals surface area contributed by atoms with Crippen LogP contribution >= 0.6 is 34.7 Å². The first kappa shape index (κ1) is 36.6. The van der Waals surface area contributed by atoms with E-state index in [2.05, 4.69) is 20.0 Å². The van der Waals surface area contributed by atoms with Gasteiger partial charge in [-0.05, 0) is 72.0 Å². The average Bonchev–Trinajstić information content (AvgIpc) is 3.68. The molecule has 0 saturated carbocycles. The van der Waals surface area contributed by atoms with E-state index in [1.165, 1.54) is 43.1 Å². The van der Waals surface area contributed by atoms with Crippen molar-refractivity contribution >= 4 is 62.3 Å². The molecule has 264 valence electrons. The molecule has 10 nitrogen and oxygen atoms in total. The molecule has 0 unspecified atom stereocenters. The normalized spacial score (nSPS) is 11.8. The van der Waals surface area contributed by atoms with Gasteiger partial charge in [0.15, 0.2) is 5.16 Å². The number of rotatable bonds is 13. The molecule has 2 aromatic heterocycles. The molecule has 1 atom stereocenters. The zero-order valence-electron chi connectivity index (χ0n) is 27.8. The monoisotopic (exact) mass is 770 g/mol. The summed E-state index contributed by atoms with van der Waals surface area (Å²) in [4.78, 5) is 35.8. The highest BCUT2D eigenvalue weighted by Gasteiger charge is 2.26. The summed E-state index contributed by atoms with van der Waals surface area (Å²) in [6.07, 6.45) is 3.56. The SMILES string of the molecule is COC(=O)[C@H](Cc1ccc(-c2ccccc2Oc2ccccc2)cc1)NC(=O)c1cc(Cl)ccc1NS(=O)(=O)c1ccc(-c2ccnc(SC)n2)s1. The lowest BCUT2D eigenvalue weighted by molar-refractivity contribution is -0.142. The van der Waals surface area contributed by atoms with Crippen LogP contribution in [0.3, 0.4) is 0 Å². The van der Waals surface area contributed by atoms with Crippen LogP contribution < -0.4 is 14.8 Å². The van der Waals surface area contributed by atoms with Crippen LogP contribution in [0, 0.1) is 0 Å². The molecule has 0 aliphatic heterocycles. The number of halogens is 1. The highest BCUT2D eigenvalue weighted by atomic mass is 35.5. The van der Waals surface area contributed by atoms with Crippen molar-refractivity contribution in [3.8, 4) is 33.2 Å². The van der Waals surface area contributed by atoms with E-state index in [9.17, 15) is 18.0 Å². The van der Waals surface area contributed by atoms with Crippen LogP contribution in [0.15, 0.2) is 131 Å². The molecule has 1 amide bonds. The van der Waals surface area contributed by atoms with Gasteiger partial charge in [-0.3, -0.25) is 9.52 Å². The maximum absolute atomic E-state index is 13.7. The minimum Gasteiger partial charge on any atom is -0.467 e. The number of esters is 1. The molecule has 2 heterocycles. The summed E-state index contributed by atoms with van der Waals surface area (Å²) in [7, 11) is -2.91. The summed E-state index contributed by atoms with van der Waals surface area (Å²) in [5, 5.41) is 3.46. The number of methoxy groups -OCH3 is 1. The van der Waals surface area contributed by atoms with E-state index in [0.717, 1.165) is 28.0 Å². The fraction of sp³-hybridized carbons (Fsp3) is 0.105. The molecule has 0 radical (unpaired) electrons. The summed E-state index contributed by atoms with van der Waals surface area (Å²) in [6, 6.07) is 32.6. The van der Waals surface area contributed by atoms with Crippen molar-refractivity contribution in [1.82, 2.24) is 15.3 Å². The highest BCUT2D eigenvalue weighted by molar-refractivity contribution is 7.98. The Morgan fingerprint density at radius 1 is 0.923 bits per heavy atom. The first-order valence-corrected chi connectivity index (χ1v) is 19.6. The van der Waals surface area contributed by atoms with Crippen LogP contribution in [-0.4, -0.2) is 49.7 Å². The largest absolute Gasteiger partial charge is 0.467 e. The third-order valence-corrected chi connectivity index (χ3v) is 11.5. The van der Waals surface area contributed by atoms with E-state index in [1.807, 2.05) is 85.1 Å². The number of amides is 1. The number of sulfonamides is 1. The Morgan fingerprint density at radius 2 is 1.67 bits per heavy atom. The first-order chi connectivity index (χ1) is 25.1. The Hall–Kier alpha value is -5.21. The second-order valence-electron chi connectivity index (χ2n) is 11.2. The van der Waals surface area contributed by atoms with Gasteiger partial charge in [-0.25, -0.2) is 23.2 Å². The van der Waals surface area contributed by atoms with E-state index in [1.54, 1.807) is 18.3 Å². The number of benzene rings is 4. The van der Waals surface area contributed by atoms with Crippen LogP contribution in [0.1, 0.15) is 15.9 Å². The molecule has 0 spiro atoms. The summed E-state index contributed by atoms with van der Waals surface area (Å²) in [5.41, 5.74) is 3.01. The van der Waals surface area contributed by atoms with E-state index >= 15 is 0 Å². The molecule has 0 bridgehead atoms. The standard InChI is InChI=1S/C38H31ClN4O6S3/c1-48-37(45)32(22-24-12-14-25(15-13-24)28-10-6-7-11-33(28)49-27-8-4-3-5-9-27)41-36(44)29-23-26(39)16-17-30(29)43-52(46,47)35-19-18-34(51-35)31-20-21-40-38(42-31)50-2/h3-21,23,32,43H,22H2,1-2H3,(H,41,44)/t32-/m0/s1. The number of carbonyl (C=O) groups excluding carboxylic acids is 2.